The van der Waals surface area contributed by atoms with Crippen molar-refractivity contribution in [3.63, 3.8) is 0 Å². The standard InChI is InChI=1S/C19H27NO6/c1-19(2,3)26-18(23)20-9-7-13(8-10-20)12-25-14-5-6-15(17(21)22)16(11-14)24-4/h5-6,11,13H,7-10,12H2,1-4H3,(H,21,22). The minimum Gasteiger partial charge on any atom is -0.496 e. The van der Waals surface area contributed by atoms with Gasteiger partial charge in [0.1, 0.15) is 22.7 Å². The molecule has 1 aliphatic heterocycles. The van der Waals surface area contributed by atoms with E-state index in [4.69, 9.17) is 19.3 Å². The molecule has 0 aliphatic carbocycles. The summed E-state index contributed by atoms with van der Waals surface area (Å²) in [5.74, 6) is 0.137. The Balaban J connectivity index is 1.83. The second-order valence-corrected chi connectivity index (χ2v) is 7.39. The van der Waals surface area contributed by atoms with E-state index in [-0.39, 0.29) is 17.4 Å². The number of hydrogen-bond acceptors (Lipinski definition) is 5. The molecular formula is C19H27NO6. The molecule has 7 heteroatoms. The first-order chi connectivity index (χ1) is 12.2. The monoisotopic (exact) mass is 365 g/mol. The van der Waals surface area contributed by atoms with Gasteiger partial charge in [-0.15, -0.1) is 0 Å². The van der Waals surface area contributed by atoms with Crippen molar-refractivity contribution in [2.45, 2.75) is 39.2 Å². The molecule has 7 nitrogen and oxygen atoms in total. The average molecular weight is 365 g/mol. The SMILES string of the molecule is COc1cc(OCC2CCN(C(=O)OC(C)(C)C)CC2)ccc1C(=O)O. The summed E-state index contributed by atoms with van der Waals surface area (Å²) in [6, 6.07) is 4.68. The quantitative estimate of drug-likeness (QED) is 0.860. The number of carbonyl (C=O) groups excluding carboxylic acids is 1. The molecule has 26 heavy (non-hydrogen) atoms. The zero-order chi connectivity index (χ0) is 19.3. The Kier molecular flexibility index (Phi) is 6.34. The smallest absolute Gasteiger partial charge is 0.410 e. The molecule has 2 rings (SSSR count). The number of ether oxygens (including phenoxy) is 3. The van der Waals surface area contributed by atoms with E-state index in [0.717, 1.165) is 12.8 Å². The molecule has 0 saturated carbocycles. The summed E-state index contributed by atoms with van der Waals surface area (Å²) in [4.78, 5) is 24.9. The van der Waals surface area contributed by atoms with Crippen LogP contribution in [0, 0.1) is 5.92 Å². The van der Waals surface area contributed by atoms with Crippen molar-refractivity contribution < 1.29 is 28.9 Å². The van der Waals surface area contributed by atoms with Crippen molar-refractivity contribution in [2.24, 2.45) is 5.92 Å². The maximum atomic E-state index is 12.1. The largest absolute Gasteiger partial charge is 0.496 e. The number of methoxy groups -OCH3 is 1. The van der Waals surface area contributed by atoms with Crippen molar-refractivity contribution in [3.05, 3.63) is 23.8 Å². The van der Waals surface area contributed by atoms with E-state index in [2.05, 4.69) is 0 Å². The van der Waals surface area contributed by atoms with Crippen LogP contribution < -0.4 is 9.47 Å². The zero-order valence-electron chi connectivity index (χ0n) is 15.8. The molecule has 0 atom stereocenters. The van der Waals surface area contributed by atoms with Crippen LogP contribution in [0.4, 0.5) is 4.79 Å². The molecule has 1 fully saturated rings. The first-order valence-corrected chi connectivity index (χ1v) is 8.71. The molecule has 0 aromatic heterocycles. The van der Waals surface area contributed by atoms with Gasteiger partial charge in [-0.25, -0.2) is 9.59 Å². The average Bonchev–Trinajstić information content (AvgIpc) is 2.58. The van der Waals surface area contributed by atoms with Crippen LogP contribution in [-0.2, 0) is 4.74 Å². The Morgan fingerprint density at radius 3 is 2.42 bits per heavy atom. The van der Waals surface area contributed by atoms with Crippen LogP contribution in [0.3, 0.4) is 0 Å². The molecule has 1 aliphatic rings. The number of amides is 1. The van der Waals surface area contributed by atoms with Gasteiger partial charge in [0, 0.05) is 19.2 Å². The number of nitrogens with zero attached hydrogens (tertiary/aromatic N) is 1. The van der Waals surface area contributed by atoms with Crippen LogP contribution in [0.25, 0.3) is 0 Å². The van der Waals surface area contributed by atoms with E-state index in [1.807, 2.05) is 20.8 Å². The minimum atomic E-state index is -1.04. The molecular weight excluding hydrogens is 338 g/mol. The molecule has 1 amide bonds. The van der Waals surface area contributed by atoms with Crippen LogP contribution in [0.2, 0.25) is 0 Å². The number of carboxylic acids is 1. The lowest BCUT2D eigenvalue weighted by atomic mass is 9.98. The van der Waals surface area contributed by atoms with Gasteiger partial charge in [0.15, 0.2) is 0 Å². The third kappa shape index (κ3) is 5.54. The summed E-state index contributed by atoms with van der Waals surface area (Å²) in [6.07, 6.45) is 1.40. The highest BCUT2D eigenvalue weighted by atomic mass is 16.6. The number of likely N-dealkylation sites (tertiary alicyclic amines) is 1. The van der Waals surface area contributed by atoms with Crippen molar-refractivity contribution in [2.75, 3.05) is 26.8 Å². The van der Waals surface area contributed by atoms with Gasteiger partial charge in [0.05, 0.1) is 13.7 Å². The summed E-state index contributed by atoms with van der Waals surface area (Å²) in [5, 5.41) is 9.10. The zero-order valence-corrected chi connectivity index (χ0v) is 15.8. The first kappa shape index (κ1) is 19.9. The molecule has 0 radical (unpaired) electrons. The summed E-state index contributed by atoms with van der Waals surface area (Å²) in [5.41, 5.74) is -0.386. The van der Waals surface area contributed by atoms with Crippen LogP contribution in [0.1, 0.15) is 44.0 Å². The number of benzene rings is 1. The maximum absolute atomic E-state index is 12.1. The molecule has 1 aromatic carbocycles. The molecule has 1 N–H and O–H groups in total. The van der Waals surface area contributed by atoms with Crippen LogP contribution in [0.15, 0.2) is 18.2 Å². The first-order valence-electron chi connectivity index (χ1n) is 8.71. The summed E-state index contributed by atoms with van der Waals surface area (Å²) < 4.78 is 16.3. The van der Waals surface area contributed by atoms with Crippen molar-refractivity contribution >= 4 is 12.1 Å². The second-order valence-electron chi connectivity index (χ2n) is 7.39. The van der Waals surface area contributed by atoms with Crippen LogP contribution in [0.5, 0.6) is 11.5 Å². The molecule has 1 heterocycles. The number of aromatic carboxylic acids is 1. The van der Waals surface area contributed by atoms with Gasteiger partial charge in [-0.3, -0.25) is 0 Å². The third-order valence-corrected chi connectivity index (χ3v) is 4.16. The molecule has 1 aromatic rings. The van der Waals surface area contributed by atoms with E-state index < -0.39 is 11.6 Å². The topological polar surface area (TPSA) is 85.3 Å². The van der Waals surface area contributed by atoms with E-state index in [9.17, 15) is 9.59 Å². The predicted octanol–water partition coefficient (Wildman–Crippen LogP) is 3.42. The molecule has 0 unspecified atom stereocenters. The number of rotatable bonds is 5. The van der Waals surface area contributed by atoms with E-state index >= 15 is 0 Å². The van der Waals surface area contributed by atoms with Crippen LogP contribution in [-0.4, -0.2) is 54.5 Å². The molecule has 144 valence electrons. The Bertz CT molecular complexity index is 644. The van der Waals surface area contributed by atoms with Crippen molar-refractivity contribution in [3.8, 4) is 11.5 Å². The van der Waals surface area contributed by atoms with Crippen LogP contribution >= 0.6 is 0 Å². The minimum absolute atomic E-state index is 0.102. The predicted molar refractivity (Wildman–Crippen MR) is 96.0 cm³/mol. The maximum Gasteiger partial charge on any atom is 0.410 e. The lowest BCUT2D eigenvalue weighted by Crippen LogP contribution is -2.42. The summed E-state index contributed by atoms with van der Waals surface area (Å²) in [6.45, 7) is 7.37. The Morgan fingerprint density at radius 1 is 1.23 bits per heavy atom. The highest BCUT2D eigenvalue weighted by Gasteiger charge is 2.27. The Morgan fingerprint density at radius 2 is 1.88 bits per heavy atom. The van der Waals surface area contributed by atoms with Gasteiger partial charge in [0.25, 0.3) is 0 Å². The Labute approximate surface area is 153 Å². The summed E-state index contributed by atoms with van der Waals surface area (Å²) >= 11 is 0. The van der Waals surface area contributed by atoms with E-state index in [0.29, 0.717) is 31.4 Å². The van der Waals surface area contributed by atoms with E-state index in [1.165, 1.54) is 13.2 Å². The highest BCUT2D eigenvalue weighted by molar-refractivity contribution is 5.91. The number of piperidine rings is 1. The third-order valence-electron chi connectivity index (χ3n) is 4.16. The van der Waals surface area contributed by atoms with Gasteiger partial charge in [-0.1, -0.05) is 0 Å². The highest BCUT2D eigenvalue weighted by Crippen LogP contribution is 2.26. The number of carboxylic acid groups (broad SMARTS) is 1. The van der Waals surface area contributed by atoms with Gasteiger partial charge in [-0.05, 0) is 51.7 Å². The van der Waals surface area contributed by atoms with Crippen molar-refractivity contribution in [1.29, 1.82) is 0 Å². The number of carbonyl (C=O) groups is 2. The lowest BCUT2D eigenvalue weighted by molar-refractivity contribution is 0.0164. The van der Waals surface area contributed by atoms with Gasteiger partial charge < -0.3 is 24.2 Å². The molecule has 0 bridgehead atoms. The second kappa shape index (κ2) is 8.29. The molecule has 1 saturated heterocycles. The Hall–Kier alpha value is -2.44. The summed E-state index contributed by atoms with van der Waals surface area (Å²) in [7, 11) is 1.43. The fourth-order valence-electron chi connectivity index (χ4n) is 2.76. The molecule has 0 spiro atoms. The normalized spacial score (nSPS) is 15.5. The lowest BCUT2D eigenvalue weighted by Gasteiger charge is -2.33. The fourth-order valence-corrected chi connectivity index (χ4v) is 2.76. The van der Waals surface area contributed by atoms with Gasteiger partial charge in [-0.2, -0.15) is 0 Å². The van der Waals surface area contributed by atoms with Crippen molar-refractivity contribution in [1.82, 2.24) is 4.90 Å². The van der Waals surface area contributed by atoms with E-state index in [1.54, 1.807) is 17.0 Å². The fraction of sp³-hybridized carbons (Fsp3) is 0.579. The van der Waals surface area contributed by atoms with Gasteiger partial charge in [0.2, 0.25) is 0 Å². The number of hydrogen-bond donors (Lipinski definition) is 1. The van der Waals surface area contributed by atoms with Gasteiger partial charge >= 0.3 is 12.1 Å².